The normalized spacial score (nSPS) is 10.4. The van der Waals surface area contributed by atoms with Gasteiger partial charge in [-0.1, -0.05) is 11.8 Å². The van der Waals surface area contributed by atoms with Crippen molar-refractivity contribution in [3.8, 4) is 0 Å². The number of pyridine rings is 1. The van der Waals surface area contributed by atoms with E-state index in [1.165, 1.54) is 23.1 Å². The Morgan fingerprint density at radius 2 is 2.41 bits per heavy atom. The first-order valence-corrected chi connectivity index (χ1v) is 6.59. The molecule has 0 radical (unpaired) electrons. The van der Waals surface area contributed by atoms with E-state index in [4.69, 9.17) is 5.11 Å². The van der Waals surface area contributed by atoms with Gasteiger partial charge in [-0.3, -0.25) is 9.78 Å². The zero-order chi connectivity index (χ0) is 12.3. The number of aromatic nitrogens is 2. The molecule has 0 aliphatic heterocycles. The third-order valence-electron chi connectivity index (χ3n) is 2.03. The van der Waals surface area contributed by atoms with Gasteiger partial charge in [0.15, 0.2) is 4.34 Å². The maximum Gasteiger partial charge on any atom is 0.309 e. The molecule has 6 heteroatoms. The SMILES string of the molecule is Cc1cnccc1Sc1nc(CC(=O)O)cs1. The Morgan fingerprint density at radius 1 is 1.59 bits per heavy atom. The van der Waals surface area contributed by atoms with Crippen LogP contribution in [0.5, 0.6) is 0 Å². The van der Waals surface area contributed by atoms with Crippen LogP contribution in [0.25, 0.3) is 0 Å². The number of aliphatic carboxylic acids is 1. The molecular weight excluding hydrogens is 256 g/mol. The van der Waals surface area contributed by atoms with Gasteiger partial charge in [0.05, 0.1) is 12.1 Å². The van der Waals surface area contributed by atoms with Gasteiger partial charge in [-0.25, -0.2) is 4.98 Å². The average Bonchev–Trinajstić information content (AvgIpc) is 2.68. The van der Waals surface area contributed by atoms with Crippen molar-refractivity contribution in [1.82, 2.24) is 9.97 Å². The molecule has 2 aromatic heterocycles. The predicted octanol–water partition coefficient (Wildman–Crippen LogP) is 2.62. The monoisotopic (exact) mass is 266 g/mol. The first-order valence-electron chi connectivity index (χ1n) is 4.90. The number of carbonyl (C=O) groups is 1. The lowest BCUT2D eigenvalue weighted by atomic mass is 10.3. The van der Waals surface area contributed by atoms with Crippen molar-refractivity contribution in [2.75, 3.05) is 0 Å². The fourth-order valence-electron chi connectivity index (χ4n) is 1.24. The highest BCUT2D eigenvalue weighted by Crippen LogP contribution is 2.31. The summed E-state index contributed by atoms with van der Waals surface area (Å²) in [5.74, 6) is -0.855. The number of hydrogen-bond donors (Lipinski definition) is 1. The van der Waals surface area contributed by atoms with Crippen LogP contribution < -0.4 is 0 Å². The number of nitrogens with zero attached hydrogens (tertiary/aromatic N) is 2. The molecule has 2 aromatic rings. The van der Waals surface area contributed by atoms with Gasteiger partial charge in [0, 0.05) is 22.7 Å². The Bertz CT molecular complexity index is 540. The quantitative estimate of drug-likeness (QED) is 0.921. The molecule has 2 heterocycles. The maximum atomic E-state index is 10.5. The van der Waals surface area contributed by atoms with Crippen LogP contribution in [-0.2, 0) is 11.2 Å². The van der Waals surface area contributed by atoms with Crippen LogP contribution in [0.15, 0.2) is 33.1 Å². The summed E-state index contributed by atoms with van der Waals surface area (Å²) in [6, 6.07) is 1.93. The largest absolute Gasteiger partial charge is 0.481 e. The van der Waals surface area contributed by atoms with Crippen LogP contribution in [0, 0.1) is 6.92 Å². The summed E-state index contributed by atoms with van der Waals surface area (Å²) >= 11 is 3.00. The van der Waals surface area contributed by atoms with Crippen molar-refractivity contribution >= 4 is 29.1 Å². The topological polar surface area (TPSA) is 63.1 Å². The van der Waals surface area contributed by atoms with E-state index in [1.54, 1.807) is 17.8 Å². The number of carboxylic acids is 1. The molecule has 0 aromatic carbocycles. The van der Waals surface area contributed by atoms with Gasteiger partial charge in [0.25, 0.3) is 0 Å². The average molecular weight is 266 g/mol. The van der Waals surface area contributed by atoms with E-state index in [1.807, 2.05) is 13.0 Å². The number of thiazole rings is 1. The summed E-state index contributed by atoms with van der Waals surface area (Å²) < 4.78 is 0.857. The van der Waals surface area contributed by atoms with Crippen molar-refractivity contribution in [3.63, 3.8) is 0 Å². The number of rotatable bonds is 4. The van der Waals surface area contributed by atoms with Crippen LogP contribution in [0.3, 0.4) is 0 Å². The summed E-state index contributed by atoms with van der Waals surface area (Å²) in [6.45, 7) is 1.99. The van der Waals surface area contributed by atoms with E-state index < -0.39 is 5.97 Å². The Morgan fingerprint density at radius 3 is 3.12 bits per heavy atom. The van der Waals surface area contributed by atoms with E-state index in [2.05, 4.69) is 9.97 Å². The lowest BCUT2D eigenvalue weighted by Gasteiger charge is -2.00. The van der Waals surface area contributed by atoms with Gasteiger partial charge < -0.3 is 5.11 Å². The molecule has 0 aliphatic carbocycles. The third kappa shape index (κ3) is 3.28. The first-order chi connectivity index (χ1) is 8.15. The predicted molar refractivity (Wildman–Crippen MR) is 66.6 cm³/mol. The molecule has 1 N–H and O–H groups in total. The Labute approximate surface area is 107 Å². The van der Waals surface area contributed by atoms with Crippen LogP contribution in [0.1, 0.15) is 11.3 Å². The van der Waals surface area contributed by atoms with E-state index in [0.29, 0.717) is 5.69 Å². The van der Waals surface area contributed by atoms with Gasteiger partial charge in [-0.15, -0.1) is 11.3 Å². The highest BCUT2D eigenvalue weighted by molar-refractivity contribution is 8.01. The van der Waals surface area contributed by atoms with Crippen molar-refractivity contribution in [1.29, 1.82) is 0 Å². The van der Waals surface area contributed by atoms with Crippen LogP contribution in [-0.4, -0.2) is 21.0 Å². The molecule has 88 valence electrons. The van der Waals surface area contributed by atoms with Gasteiger partial charge in [-0.05, 0) is 18.6 Å². The molecule has 0 bridgehead atoms. The molecule has 0 unspecified atom stereocenters. The second-order valence-corrected chi connectivity index (χ2v) is 5.57. The summed E-state index contributed by atoms with van der Waals surface area (Å²) in [6.07, 6.45) is 3.52. The molecule has 0 spiro atoms. The van der Waals surface area contributed by atoms with Crippen LogP contribution in [0.4, 0.5) is 0 Å². The van der Waals surface area contributed by atoms with E-state index in [9.17, 15) is 4.79 Å². The second-order valence-electron chi connectivity index (χ2n) is 3.42. The summed E-state index contributed by atoms with van der Waals surface area (Å²) in [7, 11) is 0. The van der Waals surface area contributed by atoms with E-state index >= 15 is 0 Å². The van der Waals surface area contributed by atoms with Gasteiger partial charge in [0.1, 0.15) is 0 Å². The Balaban J connectivity index is 2.12. The molecule has 0 saturated carbocycles. The first kappa shape index (κ1) is 12.1. The number of carboxylic acid groups (broad SMARTS) is 1. The molecule has 4 nitrogen and oxygen atoms in total. The lowest BCUT2D eigenvalue weighted by molar-refractivity contribution is -0.136. The van der Waals surface area contributed by atoms with Crippen molar-refractivity contribution in [2.45, 2.75) is 22.6 Å². The third-order valence-corrected chi connectivity index (χ3v) is 4.19. The molecule has 0 aliphatic rings. The molecule has 0 amide bonds. The van der Waals surface area contributed by atoms with Crippen molar-refractivity contribution in [3.05, 3.63) is 35.1 Å². The molecule has 17 heavy (non-hydrogen) atoms. The summed E-state index contributed by atoms with van der Waals surface area (Å²) in [5.41, 5.74) is 1.70. The summed E-state index contributed by atoms with van der Waals surface area (Å²) in [5, 5.41) is 10.4. The fourth-order valence-corrected chi connectivity index (χ4v) is 3.08. The standard InChI is InChI=1S/C11H10N2O2S2/c1-7-5-12-3-2-9(7)17-11-13-8(6-16-11)4-10(14)15/h2-3,5-6H,4H2,1H3,(H,14,15). The van der Waals surface area contributed by atoms with Crippen molar-refractivity contribution < 1.29 is 9.90 Å². The fraction of sp³-hybridized carbons (Fsp3) is 0.182. The Hall–Kier alpha value is -1.40. The highest BCUT2D eigenvalue weighted by Gasteiger charge is 2.08. The Kier molecular flexibility index (Phi) is 3.75. The molecular formula is C11H10N2O2S2. The van der Waals surface area contributed by atoms with Gasteiger partial charge >= 0.3 is 5.97 Å². The minimum atomic E-state index is -0.855. The molecule has 0 fully saturated rings. The molecule has 2 rings (SSSR count). The highest BCUT2D eigenvalue weighted by atomic mass is 32.2. The minimum Gasteiger partial charge on any atom is -0.481 e. The zero-order valence-corrected chi connectivity index (χ0v) is 10.7. The summed E-state index contributed by atoms with van der Waals surface area (Å²) in [4.78, 5) is 19.9. The maximum absolute atomic E-state index is 10.5. The lowest BCUT2D eigenvalue weighted by Crippen LogP contribution is -1.99. The van der Waals surface area contributed by atoms with Crippen molar-refractivity contribution in [2.24, 2.45) is 0 Å². The minimum absolute atomic E-state index is 0.0214. The molecule has 0 atom stereocenters. The van der Waals surface area contributed by atoms with Crippen LogP contribution in [0.2, 0.25) is 0 Å². The van der Waals surface area contributed by atoms with Gasteiger partial charge in [-0.2, -0.15) is 0 Å². The van der Waals surface area contributed by atoms with Gasteiger partial charge in [0.2, 0.25) is 0 Å². The molecule has 0 saturated heterocycles. The number of hydrogen-bond acceptors (Lipinski definition) is 5. The van der Waals surface area contributed by atoms with E-state index in [0.717, 1.165) is 14.8 Å². The van der Waals surface area contributed by atoms with Crippen LogP contribution >= 0.6 is 23.1 Å². The number of aryl methyl sites for hydroxylation is 1. The van der Waals surface area contributed by atoms with E-state index in [-0.39, 0.29) is 6.42 Å². The second kappa shape index (κ2) is 5.29. The smallest absolute Gasteiger partial charge is 0.309 e. The zero-order valence-electron chi connectivity index (χ0n) is 9.08.